The number of piperidine rings is 1. The summed E-state index contributed by atoms with van der Waals surface area (Å²) in [4.78, 5) is 33.1. The molecule has 0 unspecified atom stereocenters. The molecule has 1 saturated heterocycles. The predicted molar refractivity (Wildman–Crippen MR) is 159 cm³/mol. The predicted octanol–water partition coefficient (Wildman–Crippen LogP) is 5.69. The number of fused-ring (bicyclic) bond motifs is 2. The molecule has 13 heteroatoms. The second-order valence-corrected chi connectivity index (χ2v) is 12.6. The number of pyridine rings is 1. The Bertz CT molecular complexity index is 1600. The van der Waals surface area contributed by atoms with Crippen LogP contribution in [0.15, 0.2) is 48.7 Å². The summed E-state index contributed by atoms with van der Waals surface area (Å²) in [6, 6.07) is 11.8. The van der Waals surface area contributed by atoms with Crippen LogP contribution in [0.3, 0.4) is 0 Å². The lowest BCUT2D eigenvalue weighted by Crippen LogP contribution is -2.59. The molecule has 0 saturated carbocycles. The molecular formula is C33H36F6N4O3. The molecule has 0 spiro atoms. The lowest BCUT2D eigenvalue weighted by Gasteiger charge is -2.42. The molecular weight excluding hydrogens is 614 g/mol. The van der Waals surface area contributed by atoms with E-state index in [1.54, 1.807) is 18.3 Å². The number of nitrogens with one attached hydrogen (secondary N) is 1. The number of carbonyl (C=O) groups is 2. The summed E-state index contributed by atoms with van der Waals surface area (Å²) < 4.78 is 81.4. The number of amides is 1. The highest BCUT2D eigenvalue weighted by Crippen LogP contribution is 2.47. The van der Waals surface area contributed by atoms with E-state index in [0.29, 0.717) is 18.4 Å². The Kier molecular flexibility index (Phi) is 9.38. The molecule has 2 heterocycles. The molecule has 3 aromatic rings. The van der Waals surface area contributed by atoms with Crippen molar-refractivity contribution in [1.82, 2.24) is 20.1 Å². The first-order valence-corrected chi connectivity index (χ1v) is 15.1. The number of rotatable bonds is 9. The summed E-state index contributed by atoms with van der Waals surface area (Å²) in [5, 5.41) is 14.2. The van der Waals surface area contributed by atoms with Gasteiger partial charge in [-0.05, 0) is 86.6 Å². The summed E-state index contributed by atoms with van der Waals surface area (Å²) in [6.07, 6.45) is -8.66. The summed E-state index contributed by atoms with van der Waals surface area (Å²) in [7, 11) is 3.99. The van der Waals surface area contributed by atoms with Crippen molar-refractivity contribution in [2.24, 2.45) is 5.41 Å². The maximum absolute atomic E-state index is 14.3. The number of benzene rings is 2. The first kappa shape index (κ1) is 33.6. The van der Waals surface area contributed by atoms with Crippen molar-refractivity contribution in [3.8, 4) is 0 Å². The fraction of sp³-hybridized carbons (Fsp3) is 0.485. The van der Waals surface area contributed by atoms with Gasteiger partial charge in [-0.15, -0.1) is 0 Å². The first-order valence-electron chi connectivity index (χ1n) is 15.1. The van der Waals surface area contributed by atoms with Crippen LogP contribution in [0, 0.1) is 5.41 Å². The maximum Gasteiger partial charge on any atom is 0.403 e. The van der Waals surface area contributed by atoms with Gasteiger partial charge >= 0.3 is 18.3 Å². The Morgan fingerprint density at radius 2 is 1.70 bits per heavy atom. The van der Waals surface area contributed by atoms with Crippen molar-refractivity contribution < 1.29 is 41.0 Å². The van der Waals surface area contributed by atoms with E-state index in [0.717, 1.165) is 44.6 Å². The van der Waals surface area contributed by atoms with Gasteiger partial charge in [0.1, 0.15) is 11.5 Å². The molecule has 5 rings (SSSR count). The molecule has 1 amide bonds. The third kappa shape index (κ3) is 6.85. The topological polar surface area (TPSA) is 85.8 Å². The minimum absolute atomic E-state index is 0.0819. The second kappa shape index (κ2) is 12.8. The molecule has 1 fully saturated rings. The third-order valence-electron chi connectivity index (χ3n) is 9.23. The quantitative estimate of drug-likeness (QED) is 0.290. The minimum atomic E-state index is -5.08. The highest BCUT2D eigenvalue weighted by atomic mass is 19.4. The van der Waals surface area contributed by atoms with Crippen molar-refractivity contribution in [3.05, 3.63) is 76.6 Å². The Labute approximate surface area is 262 Å². The van der Waals surface area contributed by atoms with E-state index >= 15 is 0 Å². The largest absolute Gasteiger partial charge is 0.480 e. The molecule has 2 N–H and O–H groups in total. The van der Waals surface area contributed by atoms with Gasteiger partial charge in [-0.3, -0.25) is 14.7 Å². The minimum Gasteiger partial charge on any atom is -0.480 e. The van der Waals surface area contributed by atoms with Crippen molar-refractivity contribution in [1.29, 1.82) is 0 Å². The van der Waals surface area contributed by atoms with Gasteiger partial charge in [0.2, 0.25) is 5.91 Å². The third-order valence-corrected chi connectivity index (χ3v) is 9.23. The summed E-state index contributed by atoms with van der Waals surface area (Å²) >= 11 is 0. The lowest BCUT2D eigenvalue weighted by molar-refractivity contribution is -0.236. The van der Waals surface area contributed by atoms with E-state index in [4.69, 9.17) is 4.98 Å². The number of aliphatic carboxylic acids is 1. The van der Waals surface area contributed by atoms with E-state index in [9.17, 15) is 41.0 Å². The van der Waals surface area contributed by atoms with Crippen LogP contribution < -0.4 is 5.32 Å². The molecule has 7 nitrogen and oxygen atoms in total. The fourth-order valence-corrected chi connectivity index (χ4v) is 6.96. The molecule has 46 heavy (non-hydrogen) atoms. The van der Waals surface area contributed by atoms with Gasteiger partial charge in [0.15, 0.2) is 0 Å². The van der Waals surface area contributed by atoms with E-state index in [2.05, 4.69) is 16.3 Å². The molecule has 1 aromatic heterocycles. The van der Waals surface area contributed by atoms with Crippen LogP contribution in [0.4, 0.5) is 26.3 Å². The van der Waals surface area contributed by atoms with E-state index in [-0.39, 0.29) is 12.3 Å². The van der Waals surface area contributed by atoms with Crippen LogP contribution in [0.1, 0.15) is 53.1 Å². The number of carbonyl (C=O) groups excluding carboxylic acids is 1. The zero-order valence-corrected chi connectivity index (χ0v) is 25.5. The number of aromatic nitrogens is 1. The van der Waals surface area contributed by atoms with Gasteiger partial charge in [0.25, 0.3) is 0 Å². The first-order chi connectivity index (χ1) is 21.6. The number of hydrogen-bond donors (Lipinski definition) is 2. The molecule has 1 aliphatic heterocycles. The van der Waals surface area contributed by atoms with Crippen molar-refractivity contribution in [2.45, 2.75) is 63.0 Å². The fourth-order valence-electron chi connectivity index (χ4n) is 6.96. The van der Waals surface area contributed by atoms with Crippen molar-refractivity contribution in [2.75, 3.05) is 33.7 Å². The number of carboxylic acids is 1. The number of nitrogens with zero attached hydrogens (tertiary/aromatic N) is 3. The van der Waals surface area contributed by atoms with Gasteiger partial charge in [0.05, 0.1) is 12.2 Å². The lowest BCUT2D eigenvalue weighted by atomic mass is 9.76. The standard InChI is InChI=1S/C33H36F6N4O3/c1-42(2)18-21-6-4-8-25-23(21)11-14-40-28(25)26-10-9-22-20(5-3-7-24(22)26)17-27(29(44)45)41-30(46)31(33(37,38)39)12-15-43(16-13-31)19-32(34,35)36/h3-8,11,14,26-27H,9-10,12-13,15-19H2,1-2H3,(H,41,46)(H,44,45)/t26-,27-/m0/s1. The molecule has 0 bridgehead atoms. The molecule has 2 aromatic carbocycles. The van der Waals surface area contributed by atoms with Crippen LogP contribution in [-0.2, 0) is 29.0 Å². The smallest absolute Gasteiger partial charge is 0.403 e. The second-order valence-electron chi connectivity index (χ2n) is 12.6. The van der Waals surface area contributed by atoms with Gasteiger partial charge in [-0.25, -0.2) is 4.79 Å². The molecule has 2 aliphatic rings. The number of hydrogen-bond acceptors (Lipinski definition) is 5. The number of likely N-dealkylation sites (tertiary alicyclic amines) is 1. The van der Waals surface area contributed by atoms with Gasteiger partial charge in [-0.1, -0.05) is 36.4 Å². The van der Waals surface area contributed by atoms with Crippen LogP contribution in [-0.4, -0.2) is 83.9 Å². The van der Waals surface area contributed by atoms with Crippen LogP contribution in [0.2, 0.25) is 0 Å². The summed E-state index contributed by atoms with van der Waals surface area (Å²) in [5.41, 5.74) is 1.49. The number of carboxylic acid groups (broad SMARTS) is 1. The van der Waals surface area contributed by atoms with Crippen LogP contribution in [0.25, 0.3) is 10.8 Å². The zero-order valence-electron chi connectivity index (χ0n) is 25.5. The average Bonchev–Trinajstić information content (AvgIpc) is 3.40. The monoisotopic (exact) mass is 650 g/mol. The Hall–Kier alpha value is -3.71. The highest BCUT2D eigenvalue weighted by molar-refractivity contribution is 5.89. The van der Waals surface area contributed by atoms with E-state index < -0.39 is 68.2 Å². The summed E-state index contributed by atoms with van der Waals surface area (Å²) in [6.45, 7) is -1.84. The number of halogens is 6. The molecule has 248 valence electrons. The van der Waals surface area contributed by atoms with Crippen molar-refractivity contribution >= 4 is 22.6 Å². The average molecular weight is 651 g/mol. The van der Waals surface area contributed by atoms with Gasteiger partial charge in [0, 0.05) is 30.5 Å². The zero-order chi connectivity index (χ0) is 33.4. The normalized spacial score (nSPS) is 19.3. The van der Waals surface area contributed by atoms with Crippen LogP contribution in [0.5, 0.6) is 0 Å². The Morgan fingerprint density at radius 1 is 1.02 bits per heavy atom. The Morgan fingerprint density at radius 3 is 2.33 bits per heavy atom. The van der Waals surface area contributed by atoms with Gasteiger partial charge in [-0.2, -0.15) is 26.3 Å². The summed E-state index contributed by atoms with van der Waals surface area (Å²) in [5.74, 6) is -3.11. The molecule has 0 radical (unpaired) electrons. The van der Waals surface area contributed by atoms with E-state index in [1.165, 1.54) is 0 Å². The SMILES string of the molecule is CN(C)Cc1cccc2c([C@H]3CCc4c(C[C@H](NC(=O)C5(C(F)(F)F)CCN(CC(F)(F)F)CC5)C(=O)O)cccc43)nccc12. The molecule has 2 atom stereocenters. The molecule has 1 aliphatic carbocycles. The maximum atomic E-state index is 14.3. The van der Waals surface area contributed by atoms with Crippen molar-refractivity contribution in [3.63, 3.8) is 0 Å². The Balaban J connectivity index is 1.38. The van der Waals surface area contributed by atoms with Crippen LogP contribution >= 0.6 is 0 Å². The highest BCUT2D eigenvalue weighted by Gasteiger charge is 2.61. The van der Waals surface area contributed by atoms with Gasteiger partial charge < -0.3 is 15.3 Å². The van der Waals surface area contributed by atoms with E-state index in [1.807, 2.05) is 38.4 Å². The number of alkyl halides is 6.